The smallest absolute Gasteiger partial charge is 0.0845 e. The van der Waals surface area contributed by atoms with Gasteiger partial charge in [-0.1, -0.05) is 30.7 Å². The minimum absolute atomic E-state index is 0.520. The molecule has 0 aliphatic heterocycles. The third kappa shape index (κ3) is 3.19. The Morgan fingerprint density at radius 3 is 2.53 bits per heavy atom. The molecule has 0 saturated heterocycles. The summed E-state index contributed by atoms with van der Waals surface area (Å²) in [6.07, 6.45) is 0.825. The molecule has 1 heterocycles. The number of benzene rings is 1. The van der Waals surface area contributed by atoms with Crippen LogP contribution in [0.15, 0.2) is 28.7 Å². The van der Waals surface area contributed by atoms with Crippen molar-refractivity contribution in [2.75, 3.05) is 0 Å². The Bertz CT molecular complexity index is 566. The number of rotatable bonds is 4. The maximum atomic E-state index is 10.3. The van der Waals surface area contributed by atoms with E-state index in [1.54, 1.807) is 12.1 Å². The van der Waals surface area contributed by atoms with Crippen molar-refractivity contribution < 1.29 is 5.11 Å². The molecule has 1 atom stereocenters. The topological polar surface area (TPSA) is 38.0 Å². The molecule has 1 unspecified atom stereocenters. The first kappa shape index (κ1) is 14.6. The molecule has 2 aromatic rings. The summed E-state index contributed by atoms with van der Waals surface area (Å²) in [5.74, 6) is 0. The van der Waals surface area contributed by atoms with Crippen LogP contribution in [0.25, 0.3) is 0 Å². The Morgan fingerprint density at radius 2 is 2.00 bits per heavy atom. The second-order valence-electron chi connectivity index (χ2n) is 4.46. The largest absolute Gasteiger partial charge is 0.388 e. The zero-order valence-corrected chi connectivity index (χ0v) is 13.2. The van der Waals surface area contributed by atoms with E-state index in [2.05, 4.69) is 28.0 Å². The molecule has 102 valence electrons. The minimum atomic E-state index is -0.561. The van der Waals surface area contributed by atoms with Crippen LogP contribution < -0.4 is 0 Å². The van der Waals surface area contributed by atoms with Crippen molar-refractivity contribution in [2.24, 2.45) is 7.05 Å². The van der Waals surface area contributed by atoms with Crippen LogP contribution in [0, 0.1) is 0 Å². The lowest BCUT2D eigenvalue weighted by Crippen LogP contribution is -2.06. The molecule has 0 spiro atoms. The molecule has 0 fully saturated rings. The van der Waals surface area contributed by atoms with E-state index in [9.17, 15) is 5.11 Å². The van der Waals surface area contributed by atoms with Crippen LogP contribution >= 0.6 is 27.5 Å². The zero-order chi connectivity index (χ0) is 14.0. The standard InChI is InChI=1S/C14H16BrClN2O/c1-3-11-14(15)12(18(2)17-11)8-13(19)9-4-6-10(16)7-5-9/h4-7,13,19H,3,8H2,1-2H3. The van der Waals surface area contributed by atoms with Crippen LogP contribution in [-0.2, 0) is 19.9 Å². The Morgan fingerprint density at radius 1 is 1.37 bits per heavy atom. The van der Waals surface area contributed by atoms with Crippen molar-refractivity contribution in [2.45, 2.75) is 25.9 Å². The third-order valence-corrected chi connectivity index (χ3v) is 4.31. The van der Waals surface area contributed by atoms with Crippen molar-refractivity contribution in [3.8, 4) is 0 Å². The van der Waals surface area contributed by atoms with Crippen LogP contribution in [0.3, 0.4) is 0 Å². The quantitative estimate of drug-likeness (QED) is 0.919. The van der Waals surface area contributed by atoms with Crippen molar-refractivity contribution in [1.29, 1.82) is 0 Å². The van der Waals surface area contributed by atoms with Gasteiger partial charge in [-0.3, -0.25) is 4.68 Å². The fourth-order valence-electron chi connectivity index (χ4n) is 2.03. The summed E-state index contributed by atoms with van der Waals surface area (Å²) in [6, 6.07) is 7.27. The molecule has 19 heavy (non-hydrogen) atoms. The molecule has 0 amide bonds. The number of aliphatic hydroxyl groups is 1. The Kier molecular flexibility index (Phi) is 4.66. The molecule has 0 aliphatic rings. The number of aliphatic hydroxyl groups excluding tert-OH is 1. The lowest BCUT2D eigenvalue weighted by atomic mass is 10.0. The average Bonchev–Trinajstić information content (AvgIpc) is 2.67. The third-order valence-electron chi connectivity index (χ3n) is 3.14. The molecular weight excluding hydrogens is 328 g/mol. The van der Waals surface area contributed by atoms with E-state index in [4.69, 9.17) is 11.6 Å². The SMILES string of the molecule is CCc1nn(C)c(CC(O)c2ccc(Cl)cc2)c1Br. The predicted molar refractivity (Wildman–Crippen MR) is 80.4 cm³/mol. The molecule has 3 nitrogen and oxygen atoms in total. The summed E-state index contributed by atoms with van der Waals surface area (Å²) in [5, 5.41) is 15.4. The van der Waals surface area contributed by atoms with Gasteiger partial charge in [0.25, 0.3) is 0 Å². The van der Waals surface area contributed by atoms with Crippen LogP contribution in [-0.4, -0.2) is 14.9 Å². The van der Waals surface area contributed by atoms with Gasteiger partial charge in [-0.2, -0.15) is 5.10 Å². The second-order valence-corrected chi connectivity index (χ2v) is 5.69. The Hall–Kier alpha value is -0.840. The molecular formula is C14H16BrClN2O. The van der Waals surface area contributed by atoms with Gasteiger partial charge in [-0.15, -0.1) is 0 Å². The van der Waals surface area contributed by atoms with Gasteiger partial charge in [0.1, 0.15) is 0 Å². The average molecular weight is 344 g/mol. The number of aromatic nitrogens is 2. The second kappa shape index (κ2) is 6.07. The summed E-state index contributed by atoms with van der Waals surface area (Å²) in [5.41, 5.74) is 2.87. The molecule has 2 rings (SSSR count). The maximum Gasteiger partial charge on any atom is 0.0845 e. The highest BCUT2D eigenvalue weighted by Gasteiger charge is 2.17. The number of hydrogen-bond donors (Lipinski definition) is 1. The van der Waals surface area contributed by atoms with Gasteiger partial charge in [0, 0.05) is 18.5 Å². The van der Waals surface area contributed by atoms with Gasteiger partial charge in [0.15, 0.2) is 0 Å². The summed E-state index contributed by atoms with van der Waals surface area (Å²) in [6.45, 7) is 2.06. The van der Waals surface area contributed by atoms with Gasteiger partial charge >= 0.3 is 0 Å². The first-order valence-corrected chi connectivity index (χ1v) is 7.33. The Labute approximate surface area is 126 Å². The zero-order valence-electron chi connectivity index (χ0n) is 10.9. The van der Waals surface area contributed by atoms with Gasteiger partial charge in [-0.25, -0.2) is 0 Å². The predicted octanol–water partition coefficient (Wildman–Crippen LogP) is 3.67. The lowest BCUT2D eigenvalue weighted by molar-refractivity contribution is 0.175. The summed E-state index contributed by atoms with van der Waals surface area (Å²) in [7, 11) is 1.90. The first-order chi connectivity index (χ1) is 9.02. The number of hydrogen-bond acceptors (Lipinski definition) is 2. The van der Waals surface area contributed by atoms with Crippen LogP contribution in [0.1, 0.15) is 30.0 Å². The van der Waals surface area contributed by atoms with Gasteiger partial charge in [0.2, 0.25) is 0 Å². The van der Waals surface area contributed by atoms with Gasteiger partial charge < -0.3 is 5.11 Å². The monoisotopic (exact) mass is 342 g/mol. The van der Waals surface area contributed by atoms with E-state index in [0.29, 0.717) is 11.4 Å². The maximum absolute atomic E-state index is 10.3. The van der Waals surface area contributed by atoms with Crippen molar-refractivity contribution in [3.63, 3.8) is 0 Å². The molecule has 0 radical (unpaired) electrons. The normalized spacial score (nSPS) is 12.7. The van der Waals surface area contributed by atoms with E-state index < -0.39 is 6.10 Å². The fraction of sp³-hybridized carbons (Fsp3) is 0.357. The summed E-state index contributed by atoms with van der Waals surface area (Å²) >= 11 is 9.41. The number of halogens is 2. The van der Waals surface area contributed by atoms with Crippen LogP contribution in [0.4, 0.5) is 0 Å². The van der Waals surface area contributed by atoms with Crippen LogP contribution in [0.2, 0.25) is 5.02 Å². The molecule has 1 aromatic heterocycles. The van der Waals surface area contributed by atoms with E-state index in [0.717, 1.165) is 27.8 Å². The van der Waals surface area contributed by atoms with Crippen molar-refractivity contribution in [1.82, 2.24) is 9.78 Å². The van der Waals surface area contributed by atoms with E-state index >= 15 is 0 Å². The van der Waals surface area contributed by atoms with E-state index in [1.165, 1.54) is 0 Å². The lowest BCUT2D eigenvalue weighted by Gasteiger charge is -2.11. The molecule has 1 N–H and O–H groups in total. The molecule has 0 saturated carbocycles. The highest BCUT2D eigenvalue weighted by Crippen LogP contribution is 2.27. The van der Waals surface area contributed by atoms with Gasteiger partial charge in [-0.05, 0) is 40.0 Å². The molecule has 1 aromatic carbocycles. The number of aryl methyl sites for hydroxylation is 2. The van der Waals surface area contributed by atoms with E-state index in [-0.39, 0.29) is 0 Å². The Balaban J connectivity index is 2.21. The molecule has 5 heteroatoms. The number of nitrogens with zero attached hydrogens (tertiary/aromatic N) is 2. The molecule has 0 aliphatic carbocycles. The van der Waals surface area contributed by atoms with Crippen LogP contribution in [0.5, 0.6) is 0 Å². The fourth-order valence-corrected chi connectivity index (χ4v) is 2.93. The first-order valence-electron chi connectivity index (χ1n) is 6.16. The van der Waals surface area contributed by atoms with Crippen molar-refractivity contribution in [3.05, 3.63) is 50.7 Å². The highest BCUT2D eigenvalue weighted by atomic mass is 79.9. The van der Waals surface area contributed by atoms with Crippen molar-refractivity contribution >= 4 is 27.5 Å². The summed E-state index contributed by atoms with van der Waals surface area (Å²) in [4.78, 5) is 0. The van der Waals surface area contributed by atoms with Gasteiger partial charge in [0.05, 0.1) is 22.0 Å². The highest BCUT2D eigenvalue weighted by molar-refractivity contribution is 9.10. The molecule has 0 bridgehead atoms. The summed E-state index contributed by atoms with van der Waals surface area (Å²) < 4.78 is 2.81. The minimum Gasteiger partial charge on any atom is -0.388 e. The van der Waals surface area contributed by atoms with E-state index in [1.807, 2.05) is 23.9 Å².